The number of nitrogens with two attached hydrogens (primary N) is 1. The number of benzene rings is 1. The number of alkyl halides is 2. The Labute approximate surface area is 122 Å². The molecule has 21 heavy (non-hydrogen) atoms. The minimum absolute atomic E-state index is 0.109. The molecule has 1 rings (SSSR count). The molecular formula is C12H18F2N2O4S. The van der Waals surface area contributed by atoms with Crippen molar-refractivity contribution in [1.29, 1.82) is 0 Å². The smallest absolute Gasteiger partial charge is 0.261 e. The van der Waals surface area contributed by atoms with Crippen molar-refractivity contribution in [2.24, 2.45) is 0 Å². The predicted octanol–water partition coefficient (Wildman–Crippen LogP) is 1.15. The second kappa shape index (κ2) is 7.53. The Morgan fingerprint density at radius 3 is 2.62 bits per heavy atom. The Morgan fingerprint density at radius 2 is 2.05 bits per heavy atom. The van der Waals surface area contributed by atoms with Crippen molar-refractivity contribution in [2.75, 3.05) is 32.6 Å². The van der Waals surface area contributed by atoms with Crippen molar-refractivity contribution >= 4 is 15.7 Å². The first-order valence-electron chi connectivity index (χ1n) is 6.07. The molecule has 0 atom stereocenters. The van der Waals surface area contributed by atoms with E-state index in [1.165, 1.54) is 19.2 Å². The van der Waals surface area contributed by atoms with Crippen LogP contribution in [0.5, 0.6) is 5.75 Å². The second-order valence-corrected chi connectivity index (χ2v) is 5.96. The van der Waals surface area contributed by atoms with Gasteiger partial charge in [-0.3, -0.25) is 0 Å². The van der Waals surface area contributed by atoms with Gasteiger partial charge in [0.2, 0.25) is 10.0 Å². The lowest BCUT2D eigenvalue weighted by Crippen LogP contribution is -2.28. The van der Waals surface area contributed by atoms with Crippen LogP contribution in [0.4, 0.5) is 14.5 Å². The van der Waals surface area contributed by atoms with E-state index >= 15 is 0 Å². The van der Waals surface area contributed by atoms with E-state index in [2.05, 4.69) is 9.46 Å². The van der Waals surface area contributed by atoms with Crippen LogP contribution < -0.4 is 15.2 Å². The van der Waals surface area contributed by atoms with Crippen molar-refractivity contribution in [2.45, 2.75) is 18.2 Å². The summed E-state index contributed by atoms with van der Waals surface area (Å²) in [5.41, 5.74) is 6.69. The van der Waals surface area contributed by atoms with E-state index in [-0.39, 0.29) is 23.8 Å². The molecule has 1 aromatic carbocycles. The van der Waals surface area contributed by atoms with Crippen molar-refractivity contribution in [3.63, 3.8) is 0 Å². The van der Waals surface area contributed by atoms with Crippen molar-refractivity contribution < 1.29 is 26.7 Å². The summed E-state index contributed by atoms with van der Waals surface area (Å²) in [4.78, 5) is -0.109. The van der Waals surface area contributed by atoms with Crippen molar-refractivity contribution in [3.05, 3.63) is 17.7 Å². The largest absolute Gasteiger partial charge is 0.495 e. The molecule has 3 N–H and O–H groups in total. The maximum atomic E-state index is 12.1. The van der Waals surface area contributed by atoms with E-state index < -0.39 is 23.1 Å². The molecule has 0 heterocycles. The third kappa shape index (κ3) is 5.10. The molecule has 120 valence electrons. The fourth-order valence-corrected chi connectivity index (χ4v) is 2.74. The molecule has 6 nitrogen and oxygen atoms in total. The predicted molar refractivity (Wildman–Crippen MR) is 74.2 cm³/mol. The maximum Gasteiger partial charge on any atom is 0.261 e. The van der Waals surface area contributed by atoms with Gasteiger partial charge >= 0.3 is 0 Å². The van der Waals surface area contributed by atoms with Gasteiger partial charge in [0.25, 0.3) is 6.43 Å². The lowest BCUT2D eigenvalue weighted by Gasteiger charge is -2.13. The van der Waals surface area contributed by atoms with Gasteiger partial charge in [-0.05, 0) is 24.6 Å². The zero-order valence-electron chi connectivity index (χ0n) is 11.7. The zero-order valence-corrected chi connectivity index (χ0v) is 12.5. The normalized spacial score (nSPS) is 11.9. The fraction of sp³-hybridized carbons (Fsp3) is 0.500. The SMILES string of the molecule is COc1cc(C)c(N)cc1S(=O)(=O)NCCOCC(F)F. The van der Waals surface area contributed by atoms with Crippen LogP contribution in [0.25, 0.3) is 0 Å². The Balaban J connectivity index is 2.76. The molecule has 0 amide bonds. The standard InChI is InChI=1S/C12H18F2N2O4S/c1-8-5-10(19-2)11(6-9(8)15)21(17,18)16-3-4-20-7-12(13)14/h5-6,12,16H,3-4,7,15H2,1-2H3. The number of ether oxygens (including phenoxy) is 2. The Morgan fingerprint density at radius 1 is 1.38 bits per heavy atom. The molecule has 0 aliphatic rings. The fourth-order valence-electron chi connectivity index (χ4n) is 1.55. The van der Waals surface area contributed by atoms with Gasteiger partial charge in [0.1, 0.15) is 17.3 Å². The van der Waals surface area contributed by atoms with E-state index in [0.29, 0.717) is 11.3 Å². The summed E-state index contributed by atoms with van der Waals surface area (Å²) in [7, 11) is -2.52. The summed E-state index contributed by atoms with van der Waals surface area (Å²) in [5, 5.41) is 0. The van der Waals surface area contributed by atoms with Gasteiger partial charge in [-0.2, -0.15) is 0 Å². The molecule has 0 aliphatic carbocycles. The van der Waals surface area contributed by atoms with Gasteiger partial charge in [0.05, 0.1) is 13.7 Å². The third-order valence-electron chi connectivity index (χ3n) is 2.62. The third-order valence-corrected chi connectivity index (χ3v) is 4.11. The van der Waals surface area contributed by atoms with Crippen LogP contribution >= 0.6 is 0 Å². The maximum absolute atomic E-state index is 12.1. The quantitative estimate of drug-likeness (QED) is 0.553. The van der Waals surface area contributed by atoms with E-state index in [1.807, 2.05) is 0 Å². The van der Waals surface area contributed by atoms with Crippen LogP contribution in [0.15, 0.2) is 17.0 Å². The van der Waals surface area contributed by atoms with Gasteiger partial charge < -0.3 is 15.2 Å². The zero-order chi connectivity index (χ0) is 16.0. The second-order valence-electron chi connectivity index (χ2n) is 4.22. The molecule has 0 fully saturated rings. The van der Waals surface area contributed by atoms with E-state index in [4.69, 9.17) is 10.5 Å². The van der Waals surface area contributed by atoms with Crippen LogP contribution in [-0.4, -0.2) is 41.7 Å². The van der Waals surface area contributed by atoms with Crippen LogP contribution in [0.2, 0.25) is 0 Å². The number of nitrogens with one attached hydrogen (secondary N) is 1. The summed E-state index contributed by atoms with van der Waals surface area (Å²) in [6.45, 7) is 0.696. The summed E-state index contributed by atoms with van der Waals surface area (Å²) in [6, 6.07) is 2.80. The molecule has 0 aromatic heterocycles. The van der Waals surface area contributed by atoms with Crippen molar-refractivity contribution in [3.8, 4) is 5.75 Å². The lowest BCUT2D eigenvalue weighted by molar-refractivity contribution is 0.0199. The summed E-state index contributed by atoms with van der Waals surface area (Å²) >= 11 is 0. The first-order valence-corrected chi connectivity index (χ1v) is 7.56. The van der Waals surface area contributed by atoms with Gasteiger partial charge in [0.15, 0.2) is 0 Å². The van der Waals surface area contributed by atoms with E-state index in [0.717, 1.165) is 0 Å². The Bertz CT molecular complexity index is 579. The molecule has 0 aliphatic heterocycles. The molecule has 9 heteroatoms. The molecule has 0 bridgehead atoms. The number of hydrogen-bond acceptors (Lipinski definition) is 5. The summed E-state index contributed by atoms with van der Waals surface area (Å²) in [6.07, 6.45) is -2.58. The molecule has 0 unspecified atom stereocenters. The van der Waals surface area contributed by atoms with Gasteiger partial charge in [-0.25, -0.2) is 21.9 Å². The summed E-state index contributed by atoms with van der Waals surface area (Å²) < 4.78 is 59.8. The van der Waals surface area contributed by atoms with Crippen LogP contribution in [-0.2, 0) is 14.8 Å². The molecule has 0 saturated heterocycles. The highest BCUT2D eigenvalue weighted by Crippen LogP contribution is 2.28. The first-order chi connectivity index (χ1) is 9.77. The van der Waals surface area contributed by atoms with Gasteiger partial charge in [-0.15, -0.1) is 0 Å². The first kappa shape index (κ1) is 17.6. The highest BCUT2D eigenvalue weighted by molar-refractivity contribution is 7.89. The monoisotopic (exact) mass is 324 g/mol. The molecule has 0 radical (unpaired) electrons. The average molecular weight is 324 g/mol. The average Bonchev–Trinajstić information content (AvgIpc) is 2.40. The van der Waals surface area contributed by atoms with Crippen molar-refractivity contribution in [1.82, 2.24) is 4.72 Å². The van der Waals surface area contributed by atoms with E-state index in [9.17, 15) is 17.2 Å². The van der Waals surface area contributed by atoms with Crippen LogP contribution in [0, 0.1) is 6.92 Å². The number of rotatable bonds is 8. The minimum atomic E-state index is -3.87. The van der Waals surface area contributed by atoms with Gasteiger partial charge in [-0.1, -0.05) is 0 Å². The number of sulfonamides is 1. The molecule has 0 saturated carbocycles. The number of aryl methyl sites for hydroxylation is 1. The number of methoxy groups -OCH3 is 1. The number of nitrogen functional groups attached to an aromatic ring is 1. The minimum Gasteiger partial charge on any atom is -0.495 e. The molecular weight excluding hydrogens is 306 g/mol. The number of hydrogen-bond donors (Lipinski definition) is 2. The topological polar surface area (TPSA) is 90.7 Å². The lowest BCUT2D eigenvalue weighted by atomic mass is 10.2. The highest BCUT2D eigenvalue weighted by Gasteiger charge is 2.20. The molecule has 1 aromatic rings. The highest BCUT2D eigenvalue weighted by atomic mass is 32.2. The van der Waals surface area contributed by atoms with Crippen LogP contribution in [0.1, 0.15) is 5.56 Å². The molecule has 0 spiro atoms. The van der Waals surface area contributed by atoms with Gasteiger partial charge in [0, 0.05) is 12.2 Å². The number of anilines is 1. The van der Waals surface area contributed by atoms with Crippen LogP contribution in [0.3, 0.4) is 0 Å². The Hall–Kier alpha value is -1.45. The number of halogens is 2. The van der Waals surface area contributed by atoms with E-state index in [1.54, 1.807) is 6.92 Å². The Kier molecular flexibility index (Phi) is 6.31. The summed E-state index contributed by atoms with van der Waals surface area (Å²) in [5.74, 6) is 0.155.